The van der Waals surface area contributed by atoms with E-state index in [0.717, 1.165) is 30.4 Å². The minimum Gasteiger partial charge on any atom is -0.267 e. The summed E-state index contributed by atoms with van der Waals surface area (Å²) >= 11 is 0. The molecule has 1 aliphatic rings. The summed E-state index contributed by atoms with van der Waals surface area (Å²) in [6.07, 6.45) is 9.13. The molecule has 0 bridgehead atoms. The van der Waals surface area contributed by atoms with Crippen molar-refractivity contribution in [2.45, 2.75) is 39.0 Å². The highest BCUT2D eigenvalue weighted by Gasteiger charge is 2.24. The third-order valence-electron chi connectivity index (χ3n) is 5.03. The van der Waals surface area contributed by atoms with Gasteiger partial charge in [-0.15, -0.1) is 0 Å². The molecule has 5 heteroatoms. The Balaban J connectivity index is 1.69. The lowest BCUT2D eigenvalue weighted by Gasteiger charge is -2.26. The lowest BCUT2D eigenvalue weighted by atomic mass is 9.79. The topological polar surface area (TPSA) is 60.7 Å². The van der Waals surface area contributed by atoms with Crippen LogP contribution in [-0.2, 0) is 12.8 Å². The zero-order valence-corrected chi connectivity index (χ0v) is 14.4. The minimum atomic E-state index is -0.0496. The first-order valence-corrected chi connectivity index (χ1v) is 8.56. The molecule has 0 N–H and O–H groups in total. The second-order valence-corrected chi connectivity index (χ2v) is 6.76. The van der Waals surface area contributed by atoms with E-state index in [0.29, 0.717) is 11.6 Å². The summed E-state index contributed by atoms with van der Waals surface area (Å²) in [5.74, 6) is 0.449. The van der Waals surface area contributed by atoms with Crippen molar-refractivity contribution >= 4 is 0 Å². The van der Waals surface area contributed by atoms with Crippen LogP contribution in [-0.4, -0.2) is 19.7 Å². The molecule has 1 aliphatic carbocycles. The number of rotatable bonds is 2. The van der Waals surface area contributed by atoms with Gasteiger partial charge < -0.3 is 0 Å². The van der Waals surface area contributed by atoms with Crippen molar-refractivity contribution in [3.8, 4) is 5.69 Å². The predicted molar refractivity (Wildman–Crippen MR) is 96.1 cm³/mol. The van der Waals surface area contributed by atoms with E-state index < -0.39 is 0 Å². The lowest BCUT2D eigenvalue weighted by Crippen LogP contribution is -2.29. The molecule has 0 spiro atoms. The fourth-order valence-corrected chi connectivity index (χ4v) is 3.79. The fourth-order valence-electron chi connectivity index (χ4n) is 3.79. The van der Waals surface area contributed by atoms with Crippen LogP contribution >= 0.6 is 0 Å². The Morgan fingerprint density at radius 1 is 1.12 bits per heavy atom. The molecule has 5 nitrogen and oxygen atoms in total. The maximum atomic E-state index is 12.8. The Hall–Kier alpha value is -2.82. The highest BCUT2D eigenvalue weighted by atomic mass is 16.1. The quantitative estimate of drug-likeness (QED) is 0.724. The van der Waals surface area contributed by atoms with Gasteiger partial charge >= 0.3 is 0 Å². The van der Waals surface area contributed by atoms with Gasteiger partial charge in [0.15, 0.2) is 0 Å². The molecule has 126 valence electrons. The standard InChI is InChI=1S/C20H20N4O/c1-13-3-5-18(14(2)7-13)15-4-6-19-16(8-15)9-23-24(20(19)25)17-10-21-12-22-11-17/h3,5,7,9-12,15H,4,6,8H2,1-2H3. The van der Waals surface area contributed by atoms with Crippen LogP contribution < -0.4 is 5.56 Å². The zero-order chi connectivity index (χ0) is 17.4. The molecule has 0 amide bonds. The average molecular weight is 332 g/mol. The number of fused-ring (bicyclic) bond motifs is 1. The molecule has 4 rings (SSSR count). The number of nitrogens with zero attached hydrogens (tertiary/aromatic N) is 4. The van der Waals surface area contributed by atoms with Gasteiger partial charge in [-0.3, -0.25) is 4.79 Å². The molecule has 0 saturated carbocycles. The molecule has 0 radical (unpaired) electrons. The number of hydrogen-bond acceptors (Lipinski definition) is 4. The highest BCUT2D eigenvalue weighted by molar-refractivity contribution is 5.37. The van der Waals surface area contributed by atoms with E-state index in [1.807, 2.05) is 6.20 Å². The summed E-state index contributed by atoms with van der Waals surface area (Å²) in [5.41, 5.74) is 6.49. The summed E-state index contributed by atoms with van der Waals surface area (Å²) in [4.78, 5) is 20.8. The molecule has 2 aromatic heterocycles. The van der Waals surface area contributed by atoms with E-state index in [2.05, 4.69) is 47.1 Å². The SMILES string of the molecule is Cc1ccc(C2CCc3c(cnn(-c4cncnc4)c3=O)C2)c(C)c1. The Kier molecular flexibility index (Phi) is 3.92. The van der Waals surface area contributed by atoms with Gasteiger partial charge in [0.1, 0.15) is 12.0 Å². The van der Waals surface area contributed by atoms with Crippen molar-refractivity contribution in [3.63, 3.8) is 0 Å². The van der Waals surface area contributed by atoms with Crippen molar-refractivity contribution in [3.05, 3.63) is 81.3 Å². The Morgan fingerprint density at radius 3 is 2.68 bits per heavy atom. The molecular formula is C20H20N4O. The average Bonchev–Trinajstić information content (AvgIpc) is 2.62. The molecule has 25 heavy (non-hydrogen) atoms. The monoisotopic (exact) mass is 332 g/mol. The van der Waals surface area contributed by atoms with Gasteiger partial charge in [-0.2, -0.15) is 9.78 Å². The van der Waals surface area contributed by atoms with Gasteiger partial charge in [-0.05, 0) is 55.7 Å². The van der Waals surface area contributed by atoms with E-state index in [9.17, 15) is 4.79 Å². The van der Waals surface area contributed by atoms with Crippen LogP contribution in [0.3, 0.4) is 0 Å². The predicted octanol–water partition coefficient (Wildman–Crippen LogP) is 2.91. The number of hydrogen-bond donors (Lipinski definition) is 0. The normalized spacial score (nSPS) is 16.5. The third-order valence-corrected chi connectivity index (χ3v) is 5.03. The fraction of sp³-hybridized carbons (Fsp3) is 0.300. The van der Waals surface area contributed by atoms with Gasteiger partial charge in [0.05, 0.1) is 18.6 Å². The molecule has 3 aromatic rings. The van der Waals surface area contributed by atoms with E-state index in [-0.39, 0.29) is 5.56 Å². The van der Waals surface area contributed by atoms with Crippen molar-refractivity contribution in [1.82, 2.24) is 19.7 Å². The Bertz CT molecular complexity index is 979. The van der Waals surface area contributed by atoms with E-state index in [1.54, 1.807) is 12.4 Å². The second kappa shape index (κ2) is 6.24. The van der Waals surface area contributed by atoms with Crippen LogP contribution in [0.5, 0.6) is 0 Å². The second-order valence-electron chi connectivity index (χ2n) is 6.76. The minimum absolute atomic E-state index is 0.0496. The largest absolute Gasteiger partial charge is 0.275 e. The highest BCUT2D eigenvalue weighted by Crippen LogP contribution is 2.33. The van der Waals surface area contributed by atoms with Gasteiger partial charge in [0.25, 0.3) is 5.56 Å². The molecule has 1 unspecified atom stereocenters. The Morgan fingerprint density at radius 2 is 1.92 bits per heavy atom. The van der Waals surface area contributed by atoms with Crippen LogP contribution in [0.15, 0.2) is 47.9 Å². The van der Waals surface area contributed by atoms with E-state index in [4.69, 9.17) is 0 Å². The molecule has 1 aromatic carbocycles. The third kappa shape index (κ3) is 2.86. The molecule has 0 fully saturated rings. The smallest absolute Gasteiger partial charge is 0.267 e. The van der Waals surface area contributed by atoms with E-state index >= 15 is 0 Å². The molecule has 0 aliphatic heterocycles. The van der Waals surface area contributed by atoms with Crippen LogP contribution in [0.2, 0.25) is 0 Å². The van der Waals surface area contributed by atoms with Gasteiger partial charge in [-0.1, -0.05) is 23.8 Å². The lowest BCUT2D eigenvalue weighted by molar-refractivity contribution is 0.565. The van der Waals surface area contributed by atoms with Crippen molar-refractivity contribution in [2.75, 3.05) is 0 Å². The van der Waals surface area contributed by atoms with Crippen molar-refractivity contribution in [2.24, 2.45) is 0 Å². The molecule has 2 heterocycles. The summed E-state index contributed by atoms with van der Waals surface area (Å²) in [5, 5.41) is 4.35. The first kappa shape index (κ1) is 15.7. The number of aromatic nitrogens is 4. The molecular weight excluding hydrogens is 312 g/mol. The summed E-state index contributed by atoms with van der Waals surface area (Å²) < 4.78 is 1.40. The van der Waals surface area contributed by atoms with Gasteiger partial charge in [-0.25, -0.2) is 9.97 Å². The van der Waals surface area contributed by atoms with Crippen LogP contribution in [0, 0.1) is 13.8 Å². The molecule has 0 saturated heterocycles. The maximum Gasteiger partial charge on any atom is 0.275 e. The van der Waals surface area contributed by atoms with Crippen LogP contribution in [0.4, 0.5) is 0 Å². The first-order valence-electron chi connectivity index (χ1n) is 8.56. The first-order chi connectivity index (χ1) is 12.1. The summed E-state index contributed by atoms with van der Waals surface area (Å²) in [7, 11) is 0. The number of aryl methyl sites for hydroxylation is 2. The summed E-state index contributed by atoms with van der Waals surface area (Å²) in [6.45, 7) is 4.29. The van der Waals surface area contributed by atoms with Crippen LogP contribution in [0.1, 0.15) is 40.2 Å². The summed E-state index contributed by atoms with van der Waals surface area (Å²) in [6, 6.07) is 6.64. The van der Waals surface area contributed by atoms with E-state index in [1.165, 1.54) is 27.7 Å². The van der Waals surface area contributed by atoms with Gasteiger partial charge in [0.2, 0.25) is 0 Å². The Labute approximate surface area is 146 Å². The van der Waals surface area contributed by atoms with Gasteiger partial charge in [0, 0.05) is 5.56 Å². The zero-order valence-electron chi connectivity index (χ0n) is 14.4. The van der Waals surface area contributed by atoms with Crippen molar-refractivity contribution < 1.29 is 0 Å². The number of benzene rings is 1. The van der Waals surface area contributed by atoms with Crippen LogP contribution in [0.25, 0.3) is 5.69 Å². The molecule has 1 atom stereocenters. The maximum absolute atomic E-state index is 12.8. The van der Waals surface area contributed by atoms with Crippen molar-refractivity contribution in [1.29, 1.82) is 0 Å².